The minimum absolute atomic E-state index is 0.0219. The van der Waals surface area contributed by atoms with Gasteiger partial charge in [0.25, 0.3) is 11.8 Å². The van der Waals surface area contributed by atoms with Gasteiger partial charge in [0, 0.05) is 43.5 Å². The molecule has 3 aliphatic rings. The van der Waals surface area contributed by atoms with Crippen LogP contribution >= 0.6 is 11.6 Å². The quantitative estimate of drug-likeness (QED) is 0.321. The van der Waals surface area contributed by atoms with Crippen LogP contribution in [0.3, 0.4) is 0 Å². The van der Waals surface area contributed by atoms with E-state index < -0.39 is 23.7 Å². The molecular formula is C34H39ClF3N5O2. The number of benzene rings is 2. The molecule has 2 saturated heterocycles. The van der Waals surface area contributed by atoms with Crippen molar-refractivity contribution < 1.29 is 22.8 Å². The van der Waals surface area contributed by atoms with Gasteiger partial charge < -0.3 is 10.2 Å². The molecule has 1 spiro atoms. The normalized spacial score (nSPS) is 20.0. The molecule has 1 unspecified atom stereocenters. The van der Waals surface area contributed by atoms with E-state index in [9.17, 15) is 22.8 Å². The molecule has 7 nitrogen and oxygen atoms in total. The van der Waals surface area contributed by atoms with Gasteiger partial charge in [-0.2, -0.15) is 18.3 Å². The molecule has 2 amide bonds. The molecule has 240 valence electrons. The number of halogens is 4. The first-order valence-corrected chi connectivity index (χ1v) is 16.2. The molecule has 3 heterocycles. The van der Waals surface area contributed by atoms with Crippen LogP contribution in [0, 0.1) is 12.3 Å². The van der Waals surface area contributed by atoms with Gasteiger partial charge in [-0.05, 0) is 112 Å². The molecule has 2 aromatic carbocycles. The number of likely N-dealkylation sites (tertiary alicyclic amines) is 2. The lowest BCUT2D eigenvalue weighted by Crippen LogP contribution is -2.48. The van der Waals surface area contributed by atoms with E-state index in [0.717, 1.165) is 86.9 Å². The number of rotatable bonds is 6. The summed E-state index contributed by atoms with van der Waals surface area (Å²) in [6.45, 7) is 9.51. The number of fused-ring (bicyclic) bond motifs is 1. The van der Waals surface area contributed by atoms with Crippen molar-refractivity contribution in [2.75, 3.05) is 26.2 Å². The number of aryl methyl sites for hydroxylation is 3. The summed E-state index contributed by atoms with van der Waals surface area (Å²) >= 11 is 6.10. The smallest absolute Gasteiger partial charge is 0.345 e. The van der Waals surface area contributed by atoms with Crippen LogP contribution in [0.15, 0.2) is 42.6 Å². The first-order chi connectivity index (χ1) is 21.4. The molecule has 0 radical (unpaired) electrons. The number of carbonyl (C=O) groups excluding carboxylic acids is 2. The highest BCUT2D eigenvalue weighted by molar-refractivity contribution is 6.33. The number of hydrogen-bond acceptors (Lipinski definition) is 4. The zero-order valence-electron chi connectivity index (χ0n) is 25.7. The standard InChI is InChI=1S/C34H39ClF3N5O2/c1-3-43-21-25(22(2)40-43)20-41-14-10-33(11-15-41)12-16-42(17-13-33)32(45)24-5-4-23-6-9-30(27(23)18-24)39-31(44)28-19-26(34(36,37)38)7-8-29(28)35/h4-5,7-8,18-19,21,30H,3,6,9-17,20H2,1-2H3,(H,39,44). The highest BCUT2D eigenvalue weighted by Crippen LogP contribution is 2.42. The van der Waals surface area contributed by atoms with Gasteiger partial charge in [0.05, 0.1) is 27.9 Å². The number of nitrogens with one attached hydrogen (secondary N) is 1. The van der Waals surface area contributed by atoms with Gasteiger partial charge in [-0.25, -0.2) is 0 Å². The fourth-order valence-electron chi connectivity index (χ4n) is 7.17. The summed E-state index contributed by atoms with van der Waals surface area (Å²) in [5, 5.41) is 7.40. The largest absolute Gasteiger partial charge is 0.416 e. The SMILES string of the molecule is CCn1cc(CN2CCC3(CC2)CCN(C(=O)c2ccc4c(c2)C(NC(=O)c2cc(C(F)(F)F)ccc2Cl)CC4)CC3)c(C)n1. The Bertz CT molecular complexity index is 1580. The molecule has 1 atom stereocenters. The third-order valence-electron chi connectivity index (χ3n) is 10.1. The van der Waals surface area contributed by atoms with Gasteiger partial charge in [0.15, 0.2) is 0 Å². The molecule has 0 bridgehead atoms. The average Bonchev–Trinajstić information content (AvgIpc) is 3.59. The lowest BCUT2D eigenvalue weighted by Gasteiger charge is -2.47. The Kier molecular flexibility index (Phi) is 8.73. The number of hydrogen-bond donors (Lipinski definition) is 1. The van der Waals surface area contributed by atoms with E-state index in [-0.39, 0.29) is 21.9 Å². The summed E-state index contributed by atoms with van der Waals surface area (Å²) < 4.78 is 41.7. The molecule has 2 fully saturated rings. The second-order valence-electron chi connectivity index (χ2n) is 12.8. The van der Waals surface area contributed by atoms with Crippen molar-refractivity contribution in [1.82, 2.24) is 24.9 Å². The topological polar surface area (TPSA) is 70.5 Å². The van der Waals surface area contributed by atoms with Crippen molar-refractivity contribution in [1.29, 1.82) is 0 Å². The molecule has 1 aliphatic carbocycles. The fraction of sp³-hybridized carbons (Fsp3) is 0.500. The Morgan fingerprint density at radius 3 is 2.42 bits per heavy atom. The van der Waals surface area contributed by atoms with Gasteiger partial charge in [-0.15, -0.1) is 0 Å². The van der Waals surface area contributed by atoms with Crippen LogP contribution < -0.4 is 5.32 Å². The maximum atomic E-state index is 13.6. The second-order valence-corrected chi connectivity index (χ2v) is 13.2. The van der Waals surface area contributed by atoms with E-state index in [1.165, 1.54) is 5.56 Å². The van der Waals surface area contributed by atoms with Crippen molar-refractivity contribution in [2.45, 2.75) is 77.7 Å². The molecule has 1 N–H and O–H groups in total. The van der Waals surface area contributed by atoms with Crippen molar-refractivity contribution >= 4 is 23.4 Å². The van der Waals surface area contributed by atoms with E-state index in [2.05, 4.69) is 35.4 Å². The predicted molar refractivity (Wildman–Crippen MR) is 166 cm³/mol. The number of carbonyl (C=O) groups is 2. The minimum Gasteiger partial charge on any atom is -0.345 e. The third-order valence-corrected chi connectivity index (χ3v) is 10.4. The van der Waals surface area contributed by atoms with Crippen LogP contribution in [0.5, 0.6) is 0 Å². The summed E-state index contributed by atoms with van der Waals surface area (Å²) in [5.41, 5.74) is 3.94. The Morgan fingerprint density at radius 2 is 1.76 bits per heavy atom. The van der Waals surface area contributed by atoms with Crippen molar-refractivity contribution in [3.8, 4) is 0 Å². The Balaban J connectivity index is 1.06. The molecule has 6 rings (SSSR count). The molecular weight excluding hydrogens is 603 g/mol. The predicted octanol–water partition coefficient (Wildman–Crippen LogP) is 6.82. The molecule has 11 heteroatoms. The number of nitrogens with zero attached hydrogens (tertiary/aromatic N) is 4. The average molecular weight is 642 g/mol. The van der Waals surface area contributed by atoms with Crippen LogP contribution in [0.25, 0.3) is 0 Å². The number of amides is 2. The van der Waals surface area contributed by atoms with Gasteiger partial charge in [-0.3, -0.25) is 19.2 Å². The van der Waals surface area contributed by atoms with Crippen LogP contribution in [0.1, 0.15) is 93.7 Å². The number of alkyl halides is 3. The van der Waals surface area contributed by atoms with Crippen LogP contribution in [-0.2, 0) is 25.7 Å². The van der Waals surface area contributed by atoms with Crippen molar-refractivity contribution in [2.24, 2.45) is 5.41 Å². The van der Waals surface area contributed by atoms with Crippen LogP contribution in [-0.4, -0.2) is 57.6 Å². The molecule has 1 aromatic heterocycles. The van der Waals surface area contributed by atoms with Gasteiger partial charge in [0.2, 0.25) is 0 Å². The highest BCUT2D eigenvalue weighted by Gasteiger charge is 2.39. The van der Waals surface area contributed by atoms with E-state index in [4.69, 9.17) is 11.6 Å². The van der Waals surface area contributed by atoms with E-state index >= 15 is 0 Å². The molecule has 0 saturated carbocycles. The van der Waals surface area contributed by atoms with Crippen molar-refractivity contribution in [3.63, 3.8) is 0 Å². The maximum Gasteiger partial charge on any atom is 0.416 e. The zero-order valence-corrected chi connectivity index (χ0v) is 26.5. The minimum atomic E-state index is -4.58. The third kappa shape index (κ3) is 6.63. The maximum absolute atomic E-state index is 13.6. The lowest BCUT2D eigenvalue weighted by atomic mass is 9.71. The summed E-state index contributed by atoms with van der Waals surface area (Å²) in [6, 6.07) is 7.94. The molecule has 45 heavy (non-hydrogen) atoms. The Morgan fingerprint density at radius 1 is 1.04 bits per heavy atom. The van der Waals surface area contributed by atoms with E-state index in [1.807, 2.05) is 27.8 Å². The van der Waals surface area contributed by atoms with Gasteiger partial charge in [0.1, 0.15) is 0 Å². The van der Waals surface area contributed by atoms with Crippen LogP contribution in [0.4, 0.5) is 13.2 Å². The first kappa shape index (κ1) is 31.6. The summed E-state index contributed by atoms with van der Waals surface area (Å²) in [6.07, 6.45) is 3.11. The summed E-state index contributed by atoms with van der Waals surface area (Å²) in [7, 11) is 0. The van der Waals surface area contributed by atoms with Crippen molar-refractivity contribution in [3.05, 3.63) is 86.7 Å². The van der Waals surface area contributed by atoms with Gasteiger partial charge in [-0.1, -0.05) is 17.7 Å². The van der Waals surface area contributed by atoms with Gasteiger partial charge >= 0.3 is 6.18 Å². The molecule has 2 aliphatic heterocycles. The molecule has 3 aromatic rings. The lowest BCUT2D eigenvalue weighted by molar-refractivity contribution is -0.137. The van der Waals surface area contributed by atoms with E-state index in [0.29, 0.717) is 31.5 Å². The fourth-order valence-corrected chi connectivity index (χ4v) is 7.37. The zero-order chi connectivity index (χ0) is 31.9. The van der Waals surface area contributed by atoms with Crippen LogP contribution in [0.2, 0.25) is 5.02 Å². The number of piperidine rings is 2. The number of aromatic nitrogens is 2. The Labute approximate surface area is 266 Å². The summed E-state index contributed by atoms with van der Waals surface area (Å²) in [5.74, 6) is -0.689. The van der Waals surface area contributed by atoms with E-state index in [1.54, 1.807) is 0 Å². The first-order valence-electron chi connectivity index (χ1n) is 15.8. The monoisotopic (exact) mass is 641 g/mol. The highest BCUT2D eigenvalue weighted by atomic mass is 35.5. The second kappa shape index (κ2) is 12.4. The summed E-state index contributed by atoms with van der Waals surface area (Å²) in [4.78, 5) is 31.1. The Hall–Kier alpha value is -3.37.